The number of aryl methyl sites for hydroxylation is 1. The molecule has 3 heteroatoms. The van der Waals surface area contributed by atoms with E-state index in [0.29, 0.717) is 0 Å². The van der Waals surface area contributed by atoms with Gasteiger partial charge in [0.25, 0.3) is 0 Å². The van der Waals surface area contributed by atoms with E-state index in [1.807, 2.05) is 24.3 Å². The maximum Gasteiger partial charge on any atom is 0.134 e. The lowest BCUT2D eigenvalue weighted by molar-refractivity contribution is 0.371. The zero-order chi connectivity index (χ0) is 14.8. The maximum absolute atomic E-state index is 6.08. The fourth-order valence-electron chi connectivity index (χ4n) is 2.90. The van der Waals surface area contributed by atoms with E-state index in [1.165, 1.54) is 10.9 Å². The summed E-state index contributed by atoms with van der Waals surface area (Å²) in [5.41, 5.74) is 2.25. The molecule has 0 fully saturated rings. The van der Waals surface area contributed by atoms with Gasteiger partial charge in [0.05, 0.1) is 18.3 Å². The molecule has 2 atom stereocenters. The Morgan fingerprint density at radius 1 is 1.05 bits per heavy atom. The van der Waals surface area contributed by atoms with Crippen LogP contribution in [0.5, 0.6) is 0 Å². The first-order valence-corrected chi connectivity index (χ1v) is 7.50. The molecule has 2 aromatic heterocycles. The molecule has 3 nitrogen and oxygen atoms in total. The van der Waals surface area contributed by atoms with Crippen molar-refractivity contribution in [3.05, 3.63) is 59.7 Å². The molecule has 2 heterocycles. The van der Waals surface area contributed by atoms with E-state index in [-0.39, 0.29) is 12.1 Å². The van der Waals surface area contributed by atoms with Crippen LogP contribution in [0.3, 0.4) is 0 Å². The van der Waals surface area contributed by atoms with Crippen LogP contribution in [-0.2, 0) is 6.42 Å². The Morgan fingerprint density at radius 2 is 1.86 bits per heavy atom. The standard InChI is InChI=1S/C18H21NO2/c1-4-14-15-8-5-6-9-17(15)21-18(14)13(3)19-12(2)16-10-7-11-20-16/h5-13,19H,4H2,1-3H3/t12-,13?/m0/s1. The smallest absolute Gasteiger partial charge is 0.134 e. The predicted molar refractivity (Wildman–Crippen MR) is 84.3 cm³/mol. The molecular formula is C18H21NO2. The minimum atomic E-state index is 0.132. The maximum atomic E-state index is 6.08. The minimum absolute atomic E-state index is 0.132. The molecule has 110 valence electrons. The fourth-order valence-corrected chi connectivity index (χ4v) is 2.90. The summed E-state index contributed by atoms with van der Waals surface area (Å²) in [6.45, 7) is 6.41. The highest BCUT2D eigenvalue weighted by molar-refractivity contribution is 5.82. The van der Waals surface area contributed by atoms with Crippen molar-refractivity contribution in [3.63, 3.8) is 0 Å². The van der Waals surface area contributed by atoms with Crippen LogP contribution in [0.25, 0.3) is 11.0 Å². The Hall–Kier alpha value is -2.00. The van der Waals surface area contributed by atoms with Gasteiger partial charge in [0.15, 0.2) is 0 Å². The van der Waals surface area contributed by atoms with Crippen molar-refractivity contribution in [2.45, 2.75) is 39.3 Å². The highest BCUT2D eigenvalue weighted by atomic mass is 16.3. The van der Waals surface area contributed by atoms with Gasteiger partial charge in [0.1, 0.15) is 17.1 Å². The van der Waals surface area contributed by atoms with Crippen molar-refractivity contribution >= 4 is 11.0 Å². The van der Waals surface area contributed by atoms with E-state index in [1.54, 1.807) is 6.26 Å². The van der Waals surface area contributed by atoms with Crippen molar-refractivity contribution in [3.8, 4) is 0 Å². The van der Waals surface area contributed by atoms with Gasteiger partial charge in [-0.05, 0) is 38.5 Å². The molecule has 1 aromatic carbocycles. The third kappa shape index (κ3) is 2.61. The molecule has 0 aliphatic carbocycles. The van der Waals surface area contributed by atoms with Crippen molar-refractivity contribution in [1.82, 2.24) is 5.32 Å². The topological polar surface area (TPSA) is 38.3 Å². The van der Waals surface area contributed by atoms with E-state index in [0.717, 1.165) is 23.5 Å². The first-order valence-electron chi connectivity index (χ1n) is 7.50. The summed E-state index contributed by atoms with van der Waals surface area (Å²) in [6.07, 6.45) is 2.67. The normalized spacial score (nSPS) is 14.4. The molecule has 3 aromatic rings. The molecule has 0 saturated heterocycles. The van der Waals surface area contributed by atoms with E-state index >= 15 is 0 Å². The van der Waals surface area contributed by atoms with Crippen molar-refractivity contribution in [2.75, 3.05) is 0 Å². The Balaban J connectivity index is 1.89. The van der Waals surface area contributed by atoms with Crippen LogP contribution < -0.4 is 5.32 Å². The summed E-state index contributed by atoms with van der Waals surface area (Å²) >= 11 is 0. The van der Waals surface area contributed by atoms with Gasteiger partial charge in [-0.25, -0.2) is 0 Å². The fraction of sp³-hybridized carbons (Fsp3) is 0.333. The molecule has 0 amide bonds. The van der Waals surface area contributed by atoms with Crippen LogP contribution in [0.1, 0.15) is 49.9 Å². The third-order valence-electron chi connectivity index (χ3n) is 3.95. The van der Waals surface area contributed by atoms with E-state index < -0.39 is 0 Å². The van der Waals surface area contributed by atoms with Gasteiger partial charge < -0.3 is 8.83 Å². The van der Waals surface area contributed by atoms with Crippen LogP contribution >= 0.6 is 0 Å². The lowest BCUT2D eigenvalue weighted by atomic mass is 10.0. The number of benzene rings is 1. The molecule has 21 heavy (non-hydrogen) atoms. The van der Waals surface area contributed by atoms with Gasteiger partial charge in [0, 0.05) is 10.9 Å². The number of rotatable bonds is 5. The summed E-state index contributed by atoms with van der Waals surface area (Å²) in [5.74, 6) is 1.97. The summed E-state index contributed by atoms with van der Waals surface area (Å²) in [5, 5.41) is 4.76. The Labute approximate surface area is 124 Å². The number of fused-ring (bicyclic) bond motifs is 1. The predicted octanol–water partition coefficient (Wildman–Crippen LogP) is 5.00. The zero-order valence-corrected chi connectivity index (χ0v) is 12.7. The molecule has 0 spiro atoms. The van der Waals surface area contributed by atoms with E-state index in [2.05, 4.69) is 38.2 Å². The van der Waals surface area contributed by atoms with E-state index in [9.17, 15) is 0 Å². The minimum Gasteiger partial charge on any atom is -0.468 e. The molecule has 1 N–H and O–H groups in total. The molecule has 0 saturated carbocycles. The first-order chi connectivity index (χ1) is 10.2. The lowest BCUT2D eigenvalue weighted by Gasteiger charge is -2.17. The first kappa shape index (κ1) is 14.0. The van der Waals surface area contributed by atoms with Crippen LogP contribution in [0.15, 0.2) is 51.5 Å². The molecule has 0 radical (unpaired) electrons. The van der Waals surface area contributed by atoms with Crippen LogP contribution in [0, 0.1) is 0 Å². The summed E-state index contributed by atoms with van der Waals surface area (Å²) in [6, 6.07) is 12.4. The summed E-state index contributed by atoms with van der Waals surface area (Å²) in [4.78, 5) is 0. The quantitative estimate of drug-likeness (QED) is 0.716. The van der Waals surface area contributed by atoms with Crippen LogP contribution in [0.2, 0.25) is 0 Å². The van der Waals surface area contributed by atoms with Crippen molar-refractivity contribution in [2.24, 2.45) is 0 Å². The van der Waals surface area contributed by atoms with Crippen LogP contribution in [-0.4, -0.2) is 0 Å². The average molecular weight is 283 g/mol. The van der Waals surface area contributed by atoms with Gasteiger partial charge in [-0.1, -0.05) is 25.1 Å². The zero-order valence-electron chi connectivity index (χ0n) is 12.7. The molecule has 0 aliphatic rings. The van der Waals surface area contributed by atoms with Gasteiger partial charge in [-0.3, -0.25) is 5.32 Å². The van der Waals surface area contributed by atoms with Gasteiger partial charge in [-0.2, -0.15) is 0 Å². The van der Waals surface area contributed by atoms with Crippen molar-refractivity contribution < 1.29 is 8.83 Å². The lowest BCUT2D eigenvalue weighted by Crippen LogP contribution is -2.22. The number of nitrogens with one attached hydrogen (secondary N) is 1. The van der Waals surface area contributed by atoms with Gasteiger partial charge in [-0.15, -0.1) is 0 Å². The van der Waals surface area contributed by atoms with E-state index in [4.69, 9.17) is 8.83 Å². The Kier molecular flexibility index (Phi) is 3.84. The Morgan fingerprint density at radius 3 is 2.57 bits per heavy atom. The summed E-state index contributed by atoms with van der Waals surface area (Å²) in [7, 11) is 0. The second-order valence-electron chi connectivity index (χ2n) is 5.42. The number of hydrogen-bond acceptors (Lipinski definition) is 3. The highest BCUT2D eigenvalue weighted by Crippen LogP contribution is 2.31. The molecule has 1 unspecified atom stereocenters. The number of furan rings is 2. The SMILES string of the molecule is CCc1c(C(C)N[C@@H](C)c2ccco2)oc2ccccc12. The van der Waals surface area contributed by atoms with Crippen molar-refractivity contribution in [1.29, 1.82) is 0 Å². The third-order valence-corrected chi connectivity index (χ3v) is 3.95. The second kappa shape index (κ2) is 5.78. The highest BCUT2D eigenvalue weighted by Gasteiger charge is 2.20. The van der Waals surface area contributed by atoms with Crippen LogP contribution in [0.4, 0.5) is 0 Å². The molecule has 0 bridgehead atoms. The second-order valence-corrected chi connectivity index (χ2v) is 5.42. The Bertz CT molecular complexity index is 712. The van der Waals surface area contributed by atoms with Gasteiger partial charge in [0.2, 0.25) is 0 Å². The number of hydrogen-bond donors (Lipinski definition) is 1. The molecule has 0 aliphatic heterocycles. The van der Waals surface area contributed by atoms with Gasteiger partial charge >= 0.3 is 0 Å². The summed E-state index contributed by atoms with van der Waals surface area (Å²) < 4.78 is 11.5. The molecular weight excluding hydrogens is 262 g/mol. The average Bonchev–Trinajstić information content (AvgIpc) is 3.14. The monoisotopic (exact) mass is 283 g/mol. The number of para-hydroxylation sites is 1. The molecule has 3 rings (SSSR count). The largest absolute Gasteiger partial charge is 0.468 e.